The molecule has 0 amide bonds. The van der Waals surface area contributed by atoms with Crippen molar-refractivity contribution in [3.8, 4) is 0 Å². The van der Waals surface area contributed by atoms with E-state index in [0.717, 1.165) is 6.42 Å². The van der Waals surface area contributed by atoms with E-state index in [0.29, 0.717) is 0 Å². The van der Waals surface area contributed by atoms with Crippen molar-refractivity contribution in [1.29, 1.82) is 0 Å². The van der Waals surface area contributed by atoms with Gasteiger partial charge in [0.25, 0.3) is 0 Å². The zero-order chi connectivity index (χ0) is 13.4. The molecular formula is C14H20N2S2. The van der Waals surface area contributed by atoms with Crippen LogP contribution in [0.3, 0.4) is 0 Å². The minimum atomic E-state index is 0.124. The highest BCUT2D eigenvalue weighted by atomic mass is 32.1. The van der Waals surface area contributed by atoms with E-state index in [1.54, 1.807) is 23.1 Å². The average Bonchev–Trinajstić information content (AvgIpc) is 2.83. The zero-order valence-corrected chi connectivity index (χ0v) is 13.3. The van der Waals surface area contributed by atoms with Gasteiger partial charge in [-0.1, -0.05) is 34.6 Å². The van der Waals surface area contributed by atoms with Gasteiger partial charge in [-0.2, -0.15) is 4.37 Å². The third-order valence-corrected chi connectivity index (χ3v) is 4.88. The summed E-state index contributed by atoms with van der Waals surface area (Å²) < 4.78 is 8.80. The van der Waals surface area contributed by atoms with Crippen molar-refractivity contribution in [2.24, 2.45) is 0 Å². The Kier molecular flexibility index (Phi) is 3.60. The third-order valence-electron chi connectivity index (χ3n) is 3.09. The normalized spacial score (nSPS) is 12.9. The molecule has 0 saturated carbocycles. The second-order valence-electron chi connectivity index (χ2n) is 6.38. The van der Waals surface area contributed by atoms with Crippen molar-refractivity contribution in [1.82, 2.24) is 8.75 Å². The summed E-state index contributed by atoms with van der Waals surface area (Å²) in [7, 11) is 0. The highest BCUT2D eigenvalue weighted by Crippen LogP contribution is 2.34. The molecule has 0 unspecified atom stereocenters. The standard InChI is InChI=1S/C14H20N2S2/c1-13(2,3)12-10(9-17-16-12)8-14(4,5)11-6-7-15-18-11/h6-7,9H,8H2,1-5H3. The molecule has 0 aliphatic carbocycles. The lowest BCUT2D eigenvalue weighted by atomic mass is 9.81. The van der Waals surface area contributed by atoms with E-state index in [9.17, 15) is 0 Å². The molecule has 0 aliphatic rings. The molecule has 18 heavy (non-hydrogen) atoms. The topological polar surface area (TPSA) is 25.8 Å². The van der Waals surface area contributed by atoms with Gasteiger partial charge in [-0.05, 0) is 41.1 Å². The molecule has 2 nitrogen and oxygen atoms in total. The lowest BCUT2D eigenvalue weighted by Crippen LogP contribution is -2.22. The molecule has 0 fully saturated rings. The Morgan fingerprint density at radius 3 is 2.44 bits per heavy atom. The van der Waals surface area contributed by atoms with Crippen molar-refractivity contribution in [3.05, 3.63) is 33.8 Å². The van der Waals surface area contributed by atoms with Gasteiger partial charge in [0, 0.05) is 27.3 Å². The van der Waals surface area contributed by atoms with E-state index >= 15 is 0 Å². The first kappa shape index (κ1) is 13.7. The van der Waals surface area contributed by atoms with E-state index in [1.807, 2.05) is 6.20 Å². The summed E-state index contributed by atoms with van der Waals surface area (Å²) in [5, 5.41) is 2.20. The van der Waals surface area contributed by atoms with Crippen LogP contribution in [0.25, 0.3) is 0 Å². The first-order chi connectivity index (χ1) is 8.31. The summed E-state index contributed by atoms with van der Waals surface area (Å²) in [5.41, 5.74) is 2.87. The van der Waals surface area contributed by atoms with Crippen LogP contribution in [0.1, 0.15) is 50.8 Å². The quantitative estimate of drug-likeness (QED) is 0.832. The van der Waals surface area contributed by atoms with Gasteiger partial charge in [0.15, 0.2) is 0 Å². The third kappa shape index (κ3) is 2.81. The second-order valence-corrected chi connectivity index (χ2v) is 7.84. The maximum Gasteiger partial charge on any atom is 0.0627 e. The second kappa shape index (κ2) is 4.74. The predicted octanol–water partition coefficient (Wildman–Crippen LogP) is 4.42. The Labute approximate surface area is 117 Å². The summed E-state index contributed by atoms with van der Waals surface area (Å²) in [4.78, 5) is 1.34. The lowest BCUT2D eigenvalue weighted by Gasteiger charge is -2.25. The fourth-order valence-corrected chi connectivity index (χ4v) is 3.68. The van der Waals surface area contributed by atoms with Crippen LogP contribution in [0.2, 0.25) is 0 Å². The fraction of sp³-hybridized carbons (Fsp3) is 0.571. The fourth-order valence-electron chi connectivity index (χ4n) is 2.13. The van der Waals surface area contributed by atoms with E-state index in [1.165, 1.54) is 16.1 Å². The maximum absolute atomic E-state index is 4.58. The molecule has 0 aliphatic heterocycles. The highest BCUT2D eigenvalue weighted by Gasteiger charge is 2.28. The van der Waals surface area contributed by atoms with E-state index in [2.05, 4.69) is 54.8 Å². The molecule has 4 heteroatoms. The monoisotopic (exact) mass is 280 g/mol. The smallest absolute Gasteiger partial charge is 0.0627 e. The van der Waals surface area contributed by atoms with Crippen LogP contribution in [0, 0.1) is 0 Å². The highest BCUT2D eigenvalue weighted by molar-refractivity contribution is 7.05. The van der Waals surface area contributed by atoms with Gasteiger partial charge >= 0.3 is 0 Å². The van der Waals surface area contributed by atoms with Crippen LogP contribution in [-0.4, -0.2) is 8.75 Å². The van der Waals surface area contributed by atoms with E-state index in [-0.39, 0.29) is 10.8 Å². The van der Waals surface area contributed by atoms with Crippen LogP contribution >= 0.6 is 23.1 Å². The Hall–Kier alpha value is -0.740. The Morgan fingerprint density at radius 1 is 1.17 bits per heavy atom. The summed E-state index contributed by atoms with van der Waals surface area (Å²) in [5.74, 6) is 0. The van der Waals surface area contributed by atoms with Gasteiger partial charge in [0.05, 0.1) is 5.69 Å². The molecule has 0 radical (unpaired) electrons. The van der Waals surface area contributed by atoms with Crippen molar-refractivity contribution in [3.63, 3.8) is 0 Å². The van der Waals surface area contributed by atoms with Crippen LogP contribution in [-0.2, 0) is 17.3 Å². The van der Waals surface area contributed by atoms with Gasteiger partial charge in [-0.25, -0.2) is 4.37 Å². The molecule has 2 aromatic rings. The van der Waals surface area contributed by atoms with Gasteiger partial charge in [-0.3, -0.25) is 0 Å². The first-order valence-electron chi connectivity index (χ1n) is 6.15. The van der Waals surface area contributed by atoms with Crippen molar-refractivity contribution in [2.75, 3.05) is 0 Å². The first-order valence-corrected chi connectivity index (χ1v) is 7.76. The molecule has 0 bridgehead atoms. The molecule has 0 atom stereocenters. The van der Waals surface area contributed by atoms with Gasteiger partial charge in [0.1, 0.15) is 0 Å². The van der Waals surface area contributed by atoms with Gasteiger partial charge in [0.2, 0.25) is 0 Å². The number of hydrogen-bond acceptors (Lipinski definition) is 4. The predicted molar refractivity (Wildman–Crippen MR) is 79.7 cm³/mol. The molecule has 2 aromatic heterocycles. The van der Waals surface area contributed by atoms with Crippen LogP contribution in [0.4, 0.5) is 0 Å². The number of nitrogens with zero attached hydrogens (tertiary/aromatic N) is 2. The molecule has 0 N–H and O–H groups in total. The van der Waals surface area contributed by atoms with Crippen LogP contribution in [0.15, 0.2) is 17.6 Å². The summed E-state index contributed by atoms with van der Waals surface area (Å²) in [6.07, 6.45) is 2.91. The number of aromatic nitrogens is 2. The lowest BCUT2D eigenvalue weighted by molar-refractivity contribution is 0.512. The number of hydrogen-bond donors (Lipinski definition) is 0. The molecule has 98 valence electrons. The Bertz CT molecular complexity index is 504. The van der Waals surface area contributed by atoms with E-state index < -0.39 is 0 Å². The molecule has 0 spiro atoms. The van der Waals surface area contributed by atoms with Crippen molar-refractivity contribution >= 4 is 23.1 Å². The maximum atomic E-state index is 4.58. The van der Waals surface area contributed by atoms with Gasteiger partial charge in [-0.15, -0.1) is 0 Å². The minimum Gasteiger partial charge on any atom is -0.201 e. The van der Waals surface area contributed by atoms with Crippen LogP contribution in [0.5, 0.6) is 0 Å². The van der Waals surface area contributed by atoms with Gasteiger partial charge < -0.3 is 0 Å². The minimum absolute atomic E-state index is 0.124. The Balaban J connectivity index is 2.28. The number of rotatable bonds is 3. The molecule has 2 rings (SSSR count). The largest absolute Gasteiger partial charge is 0.201 e. The van der Waals surface area contributed by atoms with Crippen molar-refractivity contribution in [2.45, 2.75) is 51.9 Å². The summed E-state index contributed by atoms with van der Waals surface area (Å²) in [6, 6.07) is 2.13. The Morgan fingerprint density at radius 2 is 1.89 bits per heavy atom. The average molecular weight is 280 g/mol. The van der Waals surface area contributed by atoms with Crippen molar-refractivity contribution < 1.29 is 0 Å². The van der Waals surface area contributed by atoms with E-state index in [4.69, 9.17) is 0 Å². The molecule has 0 aromatic carbocycles. The molecular weight excluding hydrogens is 260 g/mol. The summed E-state index contributed by atoms with van der Waals surface area (Å²) >= 11 is 3.17. The molecule has 2 heterocycles. The zero-order valence-electron chi connectivity index (χ0n) is 11.7. The van der Waals surface area contributed by atoms with Crippen LogP contribution < -0.4 is 0 Å². The molecule has 0 saturated heterocycles. The SMILES string of the molecule is CC(C)(C)c1nscc1CC(C)(C)c1ccns1. The summed E-state index contributed by atoms with van der Waals surface area (Å²) in [6.45, 7) is 11.2.